The van der Waals surface area contributed by atoms with Gasteiger partial charge in [0.25, 0.3) is 0 Å². The molecule has 28 heavy (non-hydrogen) atoms. The molecule has 1 heterocycles. The number of hydrogen-bond donors (Lipinski definition) is 2. The Hall–Kier alpha value is -0.730. The number of piperidine rings is 1. The molecule has 1 aliphatic rings. The largest absolute Gasteiger partial charge is 0.378 e. The Kier molecular flexibility index (Phi) is 19.1. The van der Waals surface area contributed by atoms with Gasteiger partial charge in [-0.25, -0.2) is 0 Å². The van der Waals surface area contributed by atoms with E-state index in [4.69, 9.17) is 14.2 Å². The van der Waals surface area contributed by atoms with Gasteiger partial charge >= 0.3 is 0 Å². The van der Waals surface area contributed by atoms with Gasteiger partial charge in [-0.2, -0.15) is 0 Å². The highest BCUT2D eigenvalue weighted by Crippen LogP contribution is 2.11. The third kappa shape index (κ3) is 16.2. The van der Waals surface area contributed by atoms with Gasteiger partial charge in [0.05, 0.1) is 39.6 Å². The molecular weight excluding hydrogens is 358 g/mol. The molecule has 2 N–H and O–H groups in total. The molecule has 172 valence electrons. The smallest absolute Gasteiger partial charge is 0.216 e. The van der Waals surface area contributed by atoms with Crippen LogP contribution in [-0.4, -0.2) is 88.7 Å². The number of ether oxygens (including phenoxy) is 3. The summed E-state index contributed by atoms with van der Waals surface area (Å²) < 4.78 is 16.4. The lowest BCUT2D eigenvalue weighted by Gasteiger charge is -2.33. The zero-order valence-corrected chi connectivity index (χ0v) is 18.9. The molecule has 0 saturated carbocycles. The summed E-state index contributed by atoms with van der Waals surface area (Å²) in [6.45, 7) is 17.4. The normalized spacial score (nSPS) is 16.3. The lowest BCUT2D eigenvalue weighted by Crippen LogP contribution is -2.46. The first-order valence-electron chi connectivity index (χ1n) is 11.1. The van der Waals surface area contributed by atoms with Crippen molar-refractivity contribution in [3.8, 4) is 0 Å². The van der Waals surface area contributed by atoms with Crippen molar-refractivity contribution in [1.82, 2.24) is 15.5 Å². The molecule has 1 unspecified atom stereocenters. The Morgan fingerprint density at radius 3 is 2.11 bits per heavy atom. The highest BCUT2D eigenvalue weighted by molar-refractivity contribution is 5.72. The molecule has 0 aromatic rings. The summed E-state index contributed by atoms with van der Waals surface area (Å²) >= 11 is 0. The second-order valence-corrected chi connectivity index (χ2v) is 6.91. The number of hydrogen-bond acceptors (Lipinski definition) is 6. The molecule has 7 heteroatoms. The Morgan fingerprint density at radius 1 is 1.04 bits per heavy atom. The lowest BCUT2D eigenvalue weighted by atomic mass is 10.0. The van der Waals surface area contributed by atoms with Crippen molar-refractivity contribution < 1.29 is 21.9 Å². The van der Waals surface area contributed by atoms with E-state index in [9.17, 15) is 4.79 Å². The average Bonchev–Trinajstić information content (AvgIpc) is 2.71. The minimum atomic E-state index is -0.0332. The van der Waals surface area contributed by atoms with Gasteiger partial charge < -0.3 is 29.7 Å². The summed E-state index contributed by atoms with van der Waals surface area (Å²) in [6, 6.07) is 1.30. The fourth-order valence-corrected chi connectivity index (χ4v) is 2.88. The van der Waals surface area contributed by atoms with Gasteiger partial charge in [-0.15, -0.1) is 0 Å². The Labute approximate surface area is 175 Å². The first-order valence-corrected chi connectivity index (χ1v) is 11.1. The molecule has 0 bridgehead atoms. The number of amides is 1. The Bertz CT molecular complexity index is 361. The maximum Gasteiger partial charge on any atom is 0.216 e. The number of nitrogens with one attached hydrogen (secondary N) is 2. The summed E-state index contributed by atoms with van der Waals surface area (Å²) in [4.78, 5) is 13.1. The molecule has 0 aliphatic carbocycles. The first-order chi connectivity index (χ1) is 13.6. The van der Waals surface area contributed by atoms with Gasteiger partial charge in [-0.05, 0) is 39.3 Å². The second-order valence-electron chi connectivity index (χ2n) is 6.91. The molecule has 1 atom stereocenters. The van der Waals surface area contributed by atoms with Crippen LogP contribution in [0.1, 0.15) is 56.7 Å². The zero-order valence-electron chi connectivity index (χ0n) is 18.9. The van der Waals surface area contributed by atoms with E-state index in [-0.39, 0.29) is 8.76 Å². The van der Waals surface area contributed by atoms with Gasteiger partial charge in [0.2, 0.25) is 5.91 Å². The van der Waals surface area contributed by atoms with Crippen LogP contribution in [0.2, 0.25) is 0 Å². The van der Waals surface area contributed by atoms with Gasteiger partial charge in [0.15, 0.2) is 0 Å². The van der Waals surface area contributed by atoms with E-state index >= 15 is 0 Å². The third-order valence-electron chi connectivity index (χ3n) is 4.64. The maximum atomic E-state index is 10.7. The van der Waals surface area contributed by atoms with Gasteiger partial charge in [0.1, 0.15) is 0 Å². The van der Waals surface area contributed by atoms with E-state index in [1.54, 1.807) is 0 Å². The van der Waals surface area contributed by atoms with Crippen LogP contribution >= 0.6 is 0 Å². The van der Waals surface area contributed by atoms with Crippen LogP contribution in [0.15, 0.2) is 0 Å². The summed E-state index contributed by atoms with van der Waals surface area (Å²) in [6.07, 6.45) is 3.66. The molecule has 0 aromatic heterocycles. The molecule has 1 amide bonds. The fourth-order valence-electron chi connectivity index (χ4n) is 2.88. The van der Waals surface area contributed by atoms with Crippen molar-refractivity contribution in [2.75, 3.05) is 65.8 Å². The monoisotopic (exact) mass is 407 g/mol. The van der Waals surface area contributed by atoms with Crippen LogP contribution in [0.3, 0.4) is 0 Å². The van der Waals surface area contributed by atoms with E-state index in [0.717, 1.165) is 26.2 Å². The zero-order chi connectivity index (χ0) is 21.0. The predicted molar refractivity (Wildman–Crippen MR) is 119 cm³/mol. The topological polar surface area (TPSA) is 72.1 Å². The molecule has 1 saturated heterocycles. The minimum Gasteiger partial charge on any atom is -0.378 e. The van der Waals surface area contributed by atoms with Crippen molar-refractivity contribution in [2.24, 2.45) is 0 Å². The third-order valence-corrected chi connectivity index (χ3v) is 4.64. The molecule has 1 rings (SSSR count). The van der Waals surface area contributed by atoms with Gasteiger partial charge in [-0.3, -0.25) is 4.79 Å². The molecule has 1 aliphatic heterocycles. The van der Waals surface area contributed by atoms with Crippen molar-refractivity contribution in [3.63, 3.8) is 0 Å². The number of rotatable bonds is 15. The highest BCUT2D eigenvalue weighted by Gasteiger charge is 2.19. The molecular formula is C21H49N3O4. The van der Waals surface area contributed by atoms with Crippen molar-refractivity contribution in [2.45, 2.75) is 66.0 Å². The molecule has 1 fully saturated rings. The van der Waals surface area contributed by atoms with Crippen molar-refractivity contribution in [1.29, 1.82) is 0 Å². The standard InChI is InChI=1S/C19H39N3O4.C2H6.2H2/c1-4-17(2)21-19-5-8-22(9-6-19)10-12-25-14-16-26-15-13-24-11-7-20-18(3)23;1-2;;/h17,19,21H,4-16H2,1-3H3,(H,20,23);1-2H3;2*1H. The number of nitrogens with zero attached hydrogens (tertiary/aromatic N) is 1. The quantitative estimate of drug-likeness (QED) is 0.407. The molecule has 7 nitrogen and oxygen atoms in total. The van der Waals surface area contributed by atoms with Crippen LogP contribution in [0.4, 0.5) is 0 Å². The van der Waals surface area contributed by atoms with Gasteiger partial charge in [-0.1, -0.05) is 20.8 Å². The number of likely N-dealkylation sites (tertiary alicyclic amines) is 1. The predicted octanol–water partition coefficient (Wildman–Crippen LogP) is 2.54. The highest BCUT2D eigenvalue weighted by atomic mass is 16.5. The van der Waals surface area contributed by atoms with Crippen molar-refractivity contribution >= 4 is 5.91 Å². The summed E-state index contributed by atoms with van der Waals surface area (Å²) in [5.41, 5.74) is 0. The average molecular weight is 408 g/mol. The lowest BCUT2D eigenvalue weighted by molar-refractivity contribution is -0.119. The fraction of sp³-hybridized carbons (Fsp3) is 0.952. The second kappa shape index (κ2) is 19.6. The van der Waals surface area contributed by atoms with Crippen LogP contribution in [0.25, 0.3) is 0 Å². The van der Waals surface area contributed by atoms with E-state index < -0.39 is 0 Å². The van der Waals surface area contributed by atoms with E-state index in [2.05, 4.69) is 29.4 Å². The van der Waals surface area contributed by atoms with Crippen LogP contribution in [0, 0.1) is 0 Å². The molecule has 0 spiro atoms. The van der Waals surface area contributed by atoms with Crippen LogP contribution in [-0.2, 0) is 19.0 Å². The van der Waals surface area contributed by atoms with Gasteiger partial charge in [0, 0.05) is 35.0 Å². The summed E-state index contributed by atoms with van der Waals surface area (Å²) in [5.74, 6) is -0.0332. The minimum absolute atomic E-state index is 0. The van der Waals surface area contributed by atoms with Crippen molar-refractivity contribution in [3.05, 3.63) is 0 Å². The SMILES string of the molecule is CC.CCC(C)NC1CCN(CCOCCOCCOCCNC(C)=O)CC1.[HH].[HH]. The van der Waals surface area contributed by atoms with E-state index in [1.165, 1.54) is 26.2 Å². The maximum absolute atomic E-state index is 10.7. The number of carbonyl (C=O) groups is 1. The Balaban J connectivity index is -0.00000176. The van der Waals surface area contributed by atoms with Crippen LogP contribution < -0.4 is 10.6 Å². The summed E-state index contributed by atoms with van der Waals surface area (Å²) in [7, 11) is 0. The molecule has 0 aromatic carbocycles. The first kappa shape index (κ1) is 27.3. The molecule has 0 radical (unpaired) electrons. The number of carbonyl (C=O) groups excluding carboxylic acids is 1. The van der Waals surface area contributed by atoms with E-state index in [1.807, 2.05) is 13.8 Å². The van der Waals surface area contributed by atoms with Crippen LogP contribution in [0.5, 0.6) is 0 Å². The summed E-state index contributed by atoms with van der Waals surface area (Å²) in [5, 5.41) is 6.38. The van der Waals surface area contributed by atoms with E-state index in [0.29, 0.717) is 51.7 Å². The Morgan fingerprint density at radius 2 is 1.57 bits per heavy atom.